The number of nitrogens with zero attached hydrogens (tertiary/aromatic N) is 3. The second-order valence-corrected chi connectivity index (χ2v) is 9.34. The van der Waals surface area contributed by atoms with Crippen molar-refractivity contribution >= 4 is 16.9 Å². The molecule has 9 heteroatoms. The normalized spacial score (nSPS) is 16.3. The van der Waals surface area contributed by atoms with Crippen molar-refractivity contribution in [1.82, 2.24) is 14.3 Å². The van der Waals surface area contributed by atoms with Crippen LogP contribution in [0.5, 0.6) is 5.75 Å². The van der Waals surface area contributed by atoms with E-state index in [9.17, 15) is 14.7 Å². The van der Waals surface area contributed by atoms with Gasteiger partial charge in [0, 0.05) is 31.9 Å². The molecule has 0 saturated carbocycles. The van der Waals surface area contributed by atoms with Crippen LogP contribution >= 0.6 is 0 Å². The molecule has 1 N–H and O–H groups in total. The largest absolute Gasteiger partial charge is 0.488 e. The lowest BCUT2D eigenvalue weighted by atomic mass is 9.85. The topological polar surface area (TPSA) is 105 Å². The summed E-state index contributed by atoms with van der Waals surface area (Å²) in [7, 11) is 3.21. The van der Waals surface area contributed by atoms with E-state index >= 15 is 0 Å². The second kappa shape index (κ2) is 8.64. The summed E-state index contributed by atoms with van der Waals surface area (Å²) in [6.07, 6.45) is 1.24. The zero-order chi connectivity index (χ0) is 23.9. The highest BCUT2D eigenvalue weighted by molar-refractivity contribution is 5.96. The molecule has 0 amide bonds. The molecule has 0 radical (unpaired) electrons. The van der Waals surface area contributed by atoms with Crippen LogP contribution < -0.4 is 10.2 Å². The fourth-order valence-electron chi connectivity index (χ4n) is 4.30. The first-order chi connectivity index (χ1) is 15.7. The molecule has 1 aliphatic rings. The van der Waals surface area contributed by atoms with Crippen LogP contribution in [0.2, 0.25) is 0 Å². The maximum absolute atomic E-state index is 12.6. The van der Waals surface area contributed by atoms with Gasteiger partial charge in [0.25, 0.3) is 0 Å². The van der Waals surface area contributed by atoms with Gasteiger partial charge < -0.3 is 23.9 Å². The van der Waals surface area contributed by atoms with Crippen LogP contribution in [0, 0.1) is 5.41 Å². The van der Waals surface area contributed by atoms with E-state index in [0.29, 0.717) is 36.7 Å². The molecule has 3 heterocycles. The lowest BCUT2D eigenvalue weighted by Crippen LogP contribution is -2.35. The van der Waals surface area contributed by atoms with Crippen LogP contribution in [0.4, 0.5) is 0 Å². The molecule has 0 bridgehead atoms. The molecule has 3 aromatic rings. The third kappa shape index (κ3) is 4.14. The number of rotatable bonds is 7. The summed E-state index contributed by atoms with van der Waals surface area (Å²) in [4.78, 5) is 24.3. The van der Waals surface area contributed by atoms with E-state index in [1.165, 1.54) is 12.3 Å². The number of carboxylic acid groups (broad SMARTS) is 1. The predicted octanol–water partition coefficient (Wildman–Crippen LogP) is 3.20. The van der Waals surface area contributed by atoms with Gasteiger partial charge in [-0.3, -0.25) is 9.48 Å². The molecule has 0 aliphatic carbocycles. The molecule has 1 aliphatic heterocycles. The summed E-state index contributed by atoms with van der Waals surface area (Å²) < 4.78 is 20.4. The summed E-state index contributed by atoms with van der Waals surface area (Å²) in [6, 6.07) is 6.96. The fourth-order valence-corrected chi connectivity index (χ4v) is 4.30. The summed E-state index contributed by atoms with van der Waals surface area (Å²) in [5.74, 6) is -0.623. The van der Waals surface area contributed by atoms with E-state index in [1.54, 1.807) is 14.2 Å². The predicted molar refractivity (Wildman–Crippen MR) is 123 cm³/mol. The zero-order valence-electron chi connectivity index (χ0n) is 19.5. The Morgan fingerprint density at radius 2 is 2.03 bits per heavy atom. The van der Waals surface area contributed by atoms with Crippen molar-refractivity contribution < 1.29 is 24.1 Å². The van der Waals surface area contributed by atoms with Gasteiger partial charge in [-0.1, -0.05) is 32.9 Å². The molecule has 2 atom stereocenters. The molecule has 0 saturated heterocycles. The van der Waals surface area contributed by atoms with Crippen LogP contribution in [0.15, 0.2) is 35.3 Å². The standard InChI is InChI=1S/C24H29N3O6/c1-24(2,3)20-11-27-22(17-9-18(28)16(23(29)30)10-26(17)20)15-7-6-8-19(21(15)25-27)33-13-14(32-5)12-31-4/h6-10,14,20H,11-13H2,1-5H3,(H,29,30). The Morgan fingerprint density at radius 3 is 2.67 bits per heavy atom. The summed E-state index contributed by atoms with van der Waals surface area (Å²) in [6.45, 7) is 7.50. The zero-order valence-corrected chi connectivity index (χ0v) is 19.5. The van der Waals surface area contributed by atoms with Crippen molar-refractivity contribution in [3.8, 4) is 17.1 Å². The van der Waals surface area contributed by atoms with Crippen molar-refractivity contribution in [3.63, 3.8) is 0 Å². The highest BCUT2D eigenvalue weighted by Gasteiger charge is 2.35. The van der Waals surface area contributed by atoms with Gasteiger partial charge in [0.2, 0.25) is 0 Å². The number of benzene rings is 1. The maximum atomic E-state index is 12.6. The number of hydrogen-bond acceptors (Lipinski definition) is 6. The highest BCUT2D eigenvalue weighted by Crippen LogP contribution is 2.43. The van der Waals surface area contributed by atoms with Gasteiger partial charge in [-0.2, -0.15) is 5.10 Å². The number of aromatic carboxylic acids is 1. The fraction of sp³-hybridized carbons (Fsp3) is 0.458. The summed E-state index contributed by atoms with van der Waals surface area (Å²) in [5, 5.41) is 15.2. The van der Waals surface area contributed by atoms with E-state index in [1.807, 2.05) is 27.4 Å². The van der Waals surface area contributed by atoms with Gasteiger partial charge in [0.05, 0.1) is 30.6 Å². The van der Waals surface area contributed by atoms with Crippen molar-refractivity contribution in [2.75, 3.05) is 27.4 Å². The highest BCUT2D eigenvalue weighted by atomic mass is 16.5. The lowest BCUT2D eigenvalue weighted by Gasteiger charge is -2.38. The van der Waals surface area contributed by atoms with Crippen molar-refractivity contribution in [3.05, 3.63) is 46.2 Å². The number of carboxylic acids is 1. The molecular weight excluding hydrogens is 426 g/mol. The van der Waals surface area contributed by atoms with Crippen LogP contribution in [0.3, 0.4) is 0 Å². The Hall–Kier alpha value is -3.17. The van der Waals surface area contributed by atoms with Crippen LogP contribution in [-0.2, 0) is 16.0 Å². The molecule has 2 unspecified atom stereocenters. The molecule has 33 heavy (non-hydrogen) atoms. The minimum atomic E-state index is -1.23. The number of pyridine rings is 1. The van der Waals surface area contributed by atoms with Crippen molar-refractivity contribution in [2.45, 2.75) is 39.5 Å². The molecule has 0 fully saturated rings. The number of fused-ring (bicyclic) bond motifs is 5. The number of aromatic nitrogens is 3. The number of hydrogen-bond donors (Lipinski definition) is 1. The third-order valence-electron chi connectivity index (χ3n) is 6.08. The van der Waals surface area contributed by atoms with Crippen LogP contribution in [0.1, 0.15) is 37.2 Å². The van der Waals surface area contributed by atoms with E-state index in [2.05, 4.69) is 20.8 Å². The Balaban J connectivity index is 1.87. The number of methoxy groups -OCH3 is 2. The van der Waals surface area contributed by atoms with Gasteiger partial charge in [-0.25, -0.2) is 4.79 Å². The van der Waals surface area contributed by atoms with E-state index in [4.69, 9.17) is 19.3 Å². The maximum Gasteiger partial charge on any atom is 0.341 e. The summed E-state index contributed by atoms with van der Waals surface area (Å²) >= 11 is 0. The molecule has 2 aromatic heterocycles. The van der Waals surface area contributed by atoms with Crippen molar-refractivity contribution in [1.29, 1.82) is 0 Å². The molecule has 1 aromatic carbocycles. The monoisotopic (exact) mass is 455 g/mol. The van der Waals surface area contributed by atoms with Crippen LogP contribution in [-0.4, -0.2) is 59.0 Å². The van der Waals surface area contributed by atoms with Gasteiger partial charge in [0.15, 0.2) is 5.43 Å². The van der Waals surface area contributed by atoms with E-state index in [0.717, 1.165) is 11.1 Å². The Kier molecular flexibility index (Phi) is 6.02. The Labute approximate surface area is 191 Å². The van der Waals surface area contributed by atoms with Crippen molar-refractivity contribution in [2.24, 2.45) is 5.41 Å². The molecule has 176 valence electrons. The first kappa shape index (κ1) is 23.0. The number of carbonyl (C=O) groups is 1. The number of ether oxygens (including phenoxy) is 3. The Bertz CT molecular complexity index is 1250. The second-order valence-electron chi connectivity index (χ2n) is 9.34. The third-order valence-corrected chi connectivity index (χ3v) is 6.08. The van der Waals surface area contributed by atoms with E-state index < -0.39 is 11.4 Å². The first-order valence-corrected chi connectivity index (χ1v) is 10.8. The van der Waals surface area contributed by atoms with Gasteiger partial charge in [-0.15, -0.1) is 0 Å². The minimum absolute atomic E-state index is 0.100. The molecule has 4 rings (SSSR count). The lowest BCUT2D eigenvalue weighted by molar-refractivity contribution is 0.00114. The average molecular weight is 456 g/mol. The SMILES string of the molecule is COCC(COc1cccc2c3n(nc12)CC(C(C)(C)C)n1cc(C(=O)O)c(=O)cc1-3)OC. The van der Waals surface area contributed by atoms with E-state index in [-0.39, 0.29) is 23.1 Å². The average Bonchev–Trinajstić information content (AvgIpc) is 3.14. The molecule has 9 nitrogen and oxygen atoms in total. The summed E-state index contributed by atoms with van der Waals surface area (Å²) in [5.41, 5.74) is 1.11. The minimum Gasteiger partial charge on any atom is -0.488 e. The quantitative estimate of drug-likeness (QED) is 0.583. The van der Waals surface area contributed by atoms with Gasteiger partial charge in [0.1, 0.15) is 29.5 Å². The molecular formula is C24H29N3O6. The Morgan fingerprint density at radius 1 is 1.27 bits per heavy atom. The smallest absolute Gasteiger partial charge is 0.341 e. The van der Waals surface area contributed by atoms with Crippen LogP contribution in [0.25, 0.3) is 22.3 Å². The van der Waals surface area contributed by atoms with Gasteiger partial charge >= 0.3 is 5.97 Å². The van der Waals surface area contributed by atoms with Gasteiger partial charge in [-0.05, 0) is 11.5 Å². The molecule has 0 spiro atoms. The first-order valence-electron chi connectivity index (χ1n) is 10.8.